The first kappa shape index (κ1) is 12.5. The Kier molecular flexibility index (Phi) is 3.17. The van der Waals surface area contributed by atoms with Crippen LogP contribution in [0.15, 0.2) is 15.3 Å². The molecule has 19 heavy (non-hydrogen) atoms. The number of rotatable bonds is 3. The Morgan fingerprint density at radius 2 is 2.11 bits per heavy atom. The quantitative estimate of drug-likeness (QED) is 0.803. The van der Waals surface area contributed by atoms with Crippen molar-refractivity contribution in [3.63, 3.8) is 0 Å². The highest BCUT2D eigenvalue weighted by molar-refractivity contribution is 7.15. The molecule has 0 saturated carbocycles. The fourth-order valence-corrected chi connectivity index (χ4v) is 3.44. The number of hydrogen-bond acceptors (Lipinski definition) is 7. The standard InChI is InChI=1S/C12H12N4OS2/c1-6-4-18-5-8(6)11-15-12(17-16-11)10-7(2)14-9(3-13)19-10/h4-5H,3,13H2,1-2H3. The summed E-state index contributed by atoms with van der Waals surface area (Å²) < 4.78 is 5.34. The Labute approximate surface area is 118 Å². The molecule has 0 fully saturated rings. The number of aromatic nitrogens is 3. The number of thiophene rings is 1. The zero-order chi connectivity index (χ0) is 13.4. The first-order chi connectivity index (χ1) is 9.19. The van der Waals surface area contributed by atoms with E-state index in [9.17, 15) is 0 Å². The van der Waals surface area contributed by atoms with Crippen LogP contribution in [0.25, 0.3) is 22.2 Å². The van der Waals surface area contributed by atoms with Gasteiger partial charge in [-0.05, 0) is 24.8 Å². The second-order valence-corrected chi connectivity index (χ2v) is 5.95. The van der Waals surface area contributed by atoms with E-state index in [-0.39, 0.29) is 0 Å². The third-order valence-corrected chi connectivity index (χ3v) is 4.76. The van der Waals surface area contributed by atoms with Gasteiger partial charge in [-0.15, -0.1) is 11.3 Å². The van der Waals surface area contributed by atoms with Crippen LogP contribution < -0.4 is 5.73 Å². The summed E-state index contributed by atoms with van der Waals surface area (Å²) in [6.45, 7) is 4.38. The molecule has 0 saturated heterocycles. The number of nitrogens with zero attached hydrogens (tertiary/aromatic N) is 3. The molecule has 3 heterocycles. The summed E-state index contributed by atoms with van der Waals surface area (Å²) >= 11 is 3.13. The average molecular weight is 292 g/mol. The molecule has 3 rings (SSSR count). The minimum absolute atomic E-state index is 0.427. The van der Waals surface area contributed by atoms with Crippen LogP contribution in [0.5, 0.6) is 0 Å². The van der Waals surface area contributed by atoms with Crippen molar-refractivity contribution in [2.45, 2.75) is 20.4 Å². The van der Waals surface area contributed by atoms with Gasteiger partial charge in [0.25, 0.3) is 5.89 Å². The van der Waals surface area contributed by atoms with E-state index in [1.165, 1.54) is 11.3 Å². The third-order valence-electron chi connectivity index (χ3n) is 2.73. The zero-order valence-corrected chi connectivity index (χ0v) is 12.1. The summed E-state index contributed by atoms with van der Waals surface area (Å²) in [5.74, 6) is 1.13. The lowest BCUT2D eigenvalue weighted by Gasteiger charge is -1.89. The first-order valence-corrected chi connectivity index (χ1v) is 7.48. The Hall–Kier alpha value is -1.57. The zero-order valence-electron chi connectivity index (χ0n) is 10.5. The molecule has 3 aromatic heterocycles. The fraction of sp³-hybridized carbons (Fsp3) is 0.250. The molecule has 0 aliphatic carbocycles. The minimum atomic E-state index is 0.427. The second-order valence-electron chi connectivity index (χ2n) is 4.12. The molecule has 7 heteroatoms. The predicted molar refractivity (Wildman–Crippen MR) is 76.1 cm³/mol. The summed E-state index contributed by atoms with van der Waals surface area (Å²) in [7, 11) is 0. The van der Waals surface area contributed by atoms with Crippen molar-refractivity contribution in [1.29, 1.82) is 0 Å². The lowest BCUT2D eigenvalue weighted by atomic mass is 10.2. The summed E-state index contributed by atoms with van der Waals surface area (Å²) in [5.41, 5.74) is 8.64. The van der Waals surface area contributed by atoms with Gasteiger partial charge < -0.3 is 10.3 Å². The number of aryl methyl sites for hydroxylation is 2. The molecule has 0 atom stereocenters. The number of thiazole rings is 1. The average Bonchev–Trinajstić information content (AvgIpc) is 3.07. The fourth-order valence-electron chi connectivity index (χ4n) is 1.75. The molecule has 3 aromatic rings. The van der Waals surface area contributed by atoms with E-state index in [1.807, 2.05) is 19.2 Å². The summed E-state index contributed by atoms with van der Waals surface area (Å²) in [5, 5.41) is 9.00. The molecular weight excluding hydrogens is 280 g/mol. The van der Waals surface area contributed by atoms with E-state index in [1.54, 1.807) is 11.3 Å². The Balaban J connectivity index is 2.01. The van der Waals surface area contributed by atoms with Gasteiger partial charge in [0, 0.05) is 17.5 Å². The molecule has 98 valence electrons. The van der Waals surface area contributed by atoms with Crippen molar-refractivity contribution in [2.75, 3.05) is 0 Å². The Morgan fingerprint density at radius 1 is 1.26 bits per heavy atom. The SMILES string of the molecule is Cc1cscc1-c1noc(-c2sc(CN)nc2C)n1. The van der Waals surface area contributed by atoms with Gasteiger partial charge in [-0.2, -0.15) is 16.3 Å². The van der Waals surface area contributed by atoms with Gasteiger partial charge in [-0.25, -0.2) is 4.98 Å². The van der Waals surface area contributed by atoms with Gasteiger partial charge in [-0.3, -0.25) is 0 Å². The van der Waals surface area contributed by atoms with E-state index in [0.717, 1.165) is 26.7 Å². The number of nitrogens with two attached hydrogens (primary N) is 1. The molecule has 0 radical (unpaired) electrons. The van der Waals surface area contributed by atoms with Crippen LogP contribution in [-0.2, 0) is 6.54 Å². The van der Waals surface area contributed by atoms with Crippen molar-refractivity contribution >= 4 is 22.7 Å². The van der Waals surface area contributed by atoms with Crippen LogP contribution in [-0.4, -0.2) is 15.1 Å². The molecular formula is C12H12N4OS2. The molecule has 0 unspecified atom stereocenters. The van der Waals surface area contributed by atoms with Crippen molar-refractivity contribution in [3.8, 4) is 22.2 Å². The predicted octanol–water partition coefficient (Wildman–Crippen LogP) is 3.00. The first-order valence-electron chi connectivity index (χ1n) is 5.72. The van der Waals surface area contributed by atoms with Crippen molar-refractivity contribution in [1.82, 2.24) is 15.1 Å². The minimum Gasteiger partial charge on any atom is -0.333 e. The summed E-state index contributed by atoms with van der Waals surface area (Å²) in [4.78, 5) is 9.71. The normalized spacial score (nSPS) is 11.1. The van der Waals surface area contributed by atoms with Gasteiger partial charge in [0.1, 0.15) is 9.88 Å². The number of hydrogen-bond donors (Lipinski definition) is 1. The highest BCUT2D eigenvalue weighted by Crippen LogP contribution is 2.31. The van der Waals surface area contributed by atoms with Crippen LogP contribution >= 0.6 is 22.7 Å². The third kappa shape index (κ3) is 2.20. The summed E-state index contributed by atoms with van der Waals surface area (Å²) in [6.07, 6.45) is 0. The molecule has 0 spiro atoms. The van der Waals surface area contributed by atoms with E-state index in [0.29, 0.717) is 18.3 Å². The molecule has 0 aliphatic heterocycles. The smallest absolute Gasteiger partial charge is 0.270 e. The van der Waals surface area contributed by atoms with Gasteiger partial charge in [0.15, 0.2) is 0 Å². The Bertz CT molecular complexity index is 713. The van der Waals surface area contributed by atoms with Crippen LogP contribution in [0.3, 0.4) is 0 Å². The van der Waals surface area contributed by atoms with Gasteiger partial charge in [0.2, 0.25) is 5.82 Å². The van der Waals surface area contributed by atoms with Crippen LogP contribution in [0, 0.1) is 13.8 Å². The molecule has 2 N–H and O–H groups in total. The van der Waals surface area contributed by atoms with Crippen molar-refractivity contribution < 1.29 is 4.52 Å². The van der Waals surface area contributed by atoms with E-state index < -0.39 is 0 Å². The topological polar surface area (TPSA) is 77.8 Å². The molecule has 0 amide bonds. The monoisotopic (exact) mass is 292 g/mol. The molecule has 0 aliphatic rings. The van der Waals surface area contributed by atoms with E-state index in [4.69, 9.17) is 10.3 Å². The van der Waals surface area contributed by atoms with Crippen molar-refractivity contribution in [2.24, 2.45) is 5.73 Å². The van der Waals surface area contributed by atoms with Crippen LogP contribution in [0.2, 0.25) is 0 Å². The maximum atomic E-state index is 5.60. The van der Waals surface area contributed by atoms with E-state index in [2.05, 4.69) is 20.5 Å². The van der Waals surface area contributed by atoms with E-state index >= 15 is 0 Å². The molecule has 0 aromatic carbocycles. The Morgan fingerprint density at radius 3 is 2.74 bits per heavy atom. The van der Waals surface area contributed by atoms with Crippen molar-refractivity contribution in [3.05, 3.63) is 27.0 Å². The highest BCUT2D eigenvalue weighted by atomic mass is 32.1. The van der Waals surface area contributed by atoms with Gasteiger partial charge in [0.05, 0.1) is 5.69 Å². The summed E-state index contributed by atoms with van der Waals surface area (Å²) in [6, 6.07) is 0. The van der Waals surface area contributed by atoms with Crippen LogP contribution in [0.1, 0.15) is 16.3 Å². The molecule has 5 nitrogen and oxygen atoms in total. The lowest BCUT2D eigenvalue weighted by Crippen LogP contribution is -1.94. The second kappa shape index (κ2) is 4.84. The molecule has 0 bridgehead atoms. The van der Waals surface area contributed by atoms with Crippen LogP contribution in [0.4, 0.5) is 0 Å². The lowest BCUT2D eigenvalue weighted by molar-refractivity contribution is 0.433. The maximum absolute atomic E-state index is 5.60. The largest absolute Gasteiger partial charge is 0.333 e. The van der Waals surface area contributed by atoms with Gasteiger partial charge >= 0.3 is 0 Å². The highest BCUT2D eigenvalue weighted by Gasteiger charge is 2.17. The maximum Gasteiger partial charge on any atom is 0.270 e. The van der Waals surface area contributed by atoms with Gasteiger partial charge in [-0.1, -0.05) is 5.16 Å².